The number of aromatic nitrogens is 2. The van der Waals surface area contributed by atoms with E-state index in [4.69, 9.17) is 4.74 Å². The van der Waals surface area contributed by atoms with Crippen molar-refractivity contribution in [1.29, 1.82) is 0 Å². The maximum Gasteiger partial charge on any atom is 0.188 e. The summed E-state index contributed by atoms with van der Waals surface area (Å²) in [4.78, 5) is 11.1. The van der Waals surface area contributed by atoms with E-state index in [1.165, 1.54) is 0 Å². The first-order valence-electron chi connectivity index (χ1n) is 8.77. The summed E-state index contributed by atoms with van der Waals surface area (Å²) >= 11 is 1.55. The number of anilines is 2. The van der Waals surface area contributed by atoms with Crippen LogP contribution in [0.1, 0.15) is 16.8 Å². The van der Waals surface area contributed by atoms with Gasteiger partial charge in [-0.1, -0.05) is 42.5 Å². The van der Waals surface area contributed by atoms with Gasteiger partial charge in [0.05, 0.1) is 5.69 Å². The maximum absolute atomic E-state index is 6.08. The third kappa shape index (κ3) is 5.91. The third-order valence-electron chi connectivity index (χ3n) is 3.74. The molecule has 0 unspecified atom stereocenters. The fourth-order valence-corrected chi connectivity index (χ4v) is 3.09. The Hall–Kier alpha value is -2.70. The van der Waals surface area contributed by atoms with Crippen molar-refractivity contribution in [3.05, 3.63) is 70.9 Å². The second-order valence-electron chi connectivity index (χ2n) is 6.47. The van der Waals surface area contributed by atoms with Crippen LogP contribution < -0.4 is 10.1 Å². The lowest BCUT2D eigenvalue weighted by Gasteiger charge is -2.12. The van der Waals surface area contributed by atoms with Crippen LogP contribution in [0.25, 0.3) is 6.08 Å². The van der Waals surface area contributed by atoms with Gasteiger partial charge in [0.15, 0.2) is 16.7 Å². The number of hydrogen-bond acceptors (Lipinski definition) is 6. The van der Waals surface area contributed by atoms with Crippen molar-refractivity contribution < 1.29 is 4.74 Å². The topological polar surface area (TPSA) is 50.3 Å². The lowest BCUT2D eigenvalue weighted by Crippen LogP contribution is -2.10. The molecule has 0 spiro atoms. The minimum Gasteiger partial charge on any atom is -0.485 e. The summed E-state index contributed by atoms with van der Waals surface area (Å²) in [5, 5.41) is 6.08. The zero-order valence-corrected chi connectivity index (χ0v) is 16.7. The van der Waals surface area contributed by atoms with Crippen LogP contribution in [0.4, 0.5) is 10.9 Å². The van der Waals surface area contributed by atoms with Gasteiger partial charge >= 0.3 is 0 Å². The zero-order chi connectivity index (χ0) is 19.1. The van der Waals surface area contributed by atoms with Crippen LogP contribution in [0.3, 0.4) is 0 Å². The Kier molecular flexibility index (Phi) is 6.57. The largest absolute Gasteiger partial charge is 0.485 e. The van der Waals surface area contributed by atoms with E-state index in [1.807, 2.05) is 69.0 Å². The van der Waals surface area contributed by atoms with Crippen LogP contribution in [0.2, 0.25) is 0 Å². The minimum atomic E-state index is 0.485. The quantitative estimate of drug-likeness (QED) is 0.611. The van der Waals surface area contributed by atoms with Crippen LogP contribution in [0, 0.1) is 6.92 Å². The first-order chi connectivity index (χ1) is 13.1. The van der Waals surface area contributed by atoms with Crippen molar-refractivity contribution in [1.82, 2.24) is 14.9 Å². The molecule has 1 aromatic carbocycles. The smallest absolute Gasteiger partial charge is 0.188 e. The molecule has 0 bridgehead atoms. The van der Waals surface area contributed by atoms with Crippen LogP contribution in [0.5, 0.6) is 5.75 Å². The summed E-state index contributed by atoms with van der Waals surface area (Å²) in [6.07, 6.45) is 6.00. The molecular formula is C21H24N4OS. The Morgan fingerprint density at radius 3 is 2.74 bits per heavy atom. The fourth-order valence-electron chi connectivity index (χ4n) is 2.40. The number of nitrogens with one attached hydrogen (secondary N) is 1. The third-order valence-corrected chi connectivity index (χ3v) is 4.61. The highest BCUT2D eigenvalue weighted by atomic mass is 32.1. The van der Waals surface area contributed by atoms with Gasteiger partial charge in [0, 0.05) is 18.1 Å². The average Bonchev–Trinajstić information content (AvgIpc) is 3.07. The molecule has 0 amide bonds. The Morgan fingerprint density at radius 1 is 1.22 bits per heavy atom. The van der Waals surface area contributed by atoms with E-state index in [0.29, 0.717) is 18.2 Å². The van der Waals surface area contributed by atoms with Gasteiger partial charge < -0.3 is 15.0 Å². The fraction of sp³-hybridized carbons (Fsp3) is 0.238. The molecule has 0 atom stereocenters. The molecule has 0 radical (unpaired) electrons. The van der Waals surface area contributed by atoms with Gasteiger partial charge in [-0.15, -0.1) is 11.3 Å². The number of benzene rings is 1. The molecule has 5 nitrogen and oxygen atoms in total. The average molecular weight is 381 g/mol. The van der Waals surface area contributed by atoms with E-state index in [-0.39, 0.29) is 0 Å². The van der Waals surface area contributed by atoms with E-state index < -0.39 is 0 Å². The molecule has 0 aliphatic carbocycles. The van der Waals surface area contributed by atoms with Crippen LogP contribution >= 0.6 is 11.3 Å². The summed E-state index contributed by atoms with van der Waals surface area (Å²) in [5.74, 6) is 1.38. The normalized spacial score (nSPS) is 11.3. The van der Waals surface area contributed by atoms with Crippen LogP contribution in [0.15, 0.2) is 54.1 Å². The molecule has 0 saturated carbocycles. The number of aryl methyl sites for hydroxylation is 1. The lowest BCUT2D eigenvalue weighted by atomic mass is 10.2. The second kappa shape index (κ2) is 9.30. The summed E-state index contributed by atoms with van der Waals surface area (Å²) in [7, 11) is 4.08. The molecule has 0 saturated heterocycles. The Morgan fingerprint density at radius 2 is 2.04 bits per heavy atom. The van der Waals surface area contributed by atoms with Gasteiger partial charge in [-0.2, -0.15) is 0 Å². The molecule has 27 heavy (non-hydrogen) atoms. The van der Waals surface area contributed by atoms with Crippen molar-refractivity contribution in [3.8, 4) is 5.75 Å². The molecule has 0 fully saturated rings. The number of ether oxygens (including phenoxy) is 1. The highest BCUT2D eigenvalue weighted by Gasteiger charge is 2.09. The van der Waals surface area contributed by atoms with E-state index in [2.05, 4.69) is 32.3 Å². The number of rotatable bonds is 8. The van der Waals surface area contributed by atoms with Crippen molar-refractivity contribution in [3.63, 3.8) is 0 Å². The standard InChI is InChI=1S/C21H24N4OS/c1-16-15-27-21(23-16)24-20-19(26-14-17-8-5-4-6-9-17)12-18(13-22-20)10-7-11-25(2)3/h4-10,12-13,15H,11,14H2,1-3H3,(H,22,23,24). The van der Waals surface area contributed by atoms with Crippen molar-refractivity contribution >= 4 is 28.4 Å². The molecule has 3 aromatic rings. The molecule has 0 aliphatic rings. The summed E-state index contributed by atoms with van der Waals surface area (Å²) in [6.45, 7) is 3.33. The van der Waals surface area contributed by atoms with E-state index in [1.54, 1.807) is 11.3 Å². The summed E-state index contributed by atoms with van der Waals surface area (Å²) in [6, 6.07) is 12.1. The number of nitrogens with zero attached hydrogens (tertiary/aromatic N) is 3. The molecule has 3 rings (SSSR count). The van der Waals surface area contributed by atoms with Gasteiger partial charge in [0.1, 0.15) is 6.61 Å². The number of pyridine rings is 1. The summed E-state index contributed by atoms with van der Waals surface area (Å²) < 4.78 is 6.08. The summed E-state index contributed by atoms with van der Waals surface area (Å²) in [5.41, 5.74) is 3.10. The lowest BCUT2D eigenvalue weighted by molar-refractivity contribution is 0.307. The van der Waals surface area contributed by atoms with Crippen LogP contribution in [-0.4, -0.2) is 35.5 Å². The Bertz CT molecular complexity index is 890. The first-order valence-corrected chi connectivity index (χ1v) is 9.65. The highest BCUT2D eigenvalue weighted by molar-refractivity contribution is 7.13. The molecule has 2 aromatic heterocycles. The molecule has 2 heterocycles. The maximum atomic E-state index is 6.08. The van der Waals surface area contributed by atoms with Gasteiger partial charge in [-0.25, -0.2) is 9.97 Å². The van der Waals surface area contributed by atoms with Gasteiger partial charge in [0.25, 0.3) is 0 Å². The second-order valence-corrected chi connectivity index (χ2v) is 7.33. The highest BCUT2D eigenvalue weighted by Crippen LogP contribution is 2.29. The molecular weight excluding hydrogens is 356 g/mol. The number of likely N-dealkylation sites (N-methyl/N-ethyl adjacent to an activating group) is 1. The minimum absolute atomic E-state index is 0.485. The SMILES string of the molecule is Cc1csc(Nc2ncc(C=CCN(C)C)cc2OCc2ccccc2)n1. The predicted molar refractivity (Wildman–Crippen MR) is 113 cm³/mol. The molecule has 1 N–H and O–H groups in total. The van der Waals surface area contributed by atoms with E-state index in [0.717, 1.165) is 28.5 Å². The van der Waals surface area contributed by atoms with E-state index >= 15 is 0 Å². The Labute approximate surface area is 164 Å². The number of thiazole rings is 1. The molecule has 140 valence electrons. The number of hydrogen-bond donors (Lipinski definition) is 1. The van der Waals surface area contributed by atoms with Gasteiger partial charge in [-0.05, 0) is 38.2 Å². The van der Waals surface area contributed by atoms with Crippen molar-refractivity contribution in [2.45, 2.75) is 13.5 Å². The predicted octanol–water partition coefficient (Wildman–Crippen LogP) is 4.74. The Balaban J connectivity index is 1.80. The van der Waals surface area contributed by atoms with Crippen molar-refractivity contribution in [2.24, 2.45) is 0 Å². The monoisotopic (exact) mass is 380 g/mol. The van der Waals surface area contributed by atoms with Crippen LogP contribution in [-0.2, 0) is 6.61 Å². The van der Waals surface area contributed by atoms with Gasteiger partial charge in [0.2, 0.25) is 0 Å². The first kappa shape index (κ1) is 19.1. The zero-order valence-electron chi connectivity index (χ0n) is 15.8. The molecule has 6 heteroatoms. The van der Waals surface area contributed by atoms with Gasteiger partial charge in [-0.3, -0.25) is 0 Å². The van der Waals surface area contributed by atoms with Crippen molar-refractivity contribution in [2.75, 3.05) is 26.0 Å². The molecule has 0 aliphatic heterocycles. The van der Waals surface area contributed by atoms with E-state index in [9.17, 15) is 0 Å².